The van der Waals surface area contributed by atoms with E-state index in [2.05, 4.69) is 41.5 Å². The van der Waals surface area contributed by atoms with Crippen LogP contribution in [0.25, 0.3) is 33.1 Å². The fourth-order valence-electron chi connectivity index (χ4n) is 4.81. The number of ether oxygens (including phenoxy) is 2. The van der Waals surface area contributed by atoms with Crippen molar-refractivity contribution in [3.05, 3.63) is 54.2 Å². The van der Waals surface area contributed by atoms with E-state index < -0.39 is 5.60 Å². The summed E-state index contributed by atoms with van der Waals surface area (Å²) in [7, 11) is 3.59. The summed E-state index contributed by atoms with van der Waals surface area (Å²) in [5.41, 5.74) is 4.51. The second-order valence-electron chi connectivity index (χ2n) is 10.3. The maximum absolute atomic E-state index is 12.4. The molecule has 2 aromatic heterocycles. The van der Waals surface area contributed by atoms with Gasteiger partial charge in [-0.25, -0.2) is 9.78 Å². The van der Waals surface area contributed by atoms with Gasteiger partial charge in [-0.1, -0.05) is 12.1 Å². The summed E-state index contributed by atoms with van der Waals surface area (Å²) >= 11 is 0. The maximum Gasteiger partial charge on any atom is 0.410 e. The molecule has 1 amide bonds. The Labute approximate surface area is 205 Å². The van der Waals surface area contributed by atoms with Crippen LogP contribution in [0.4, 0.5) is 4.79 Å². The molecule has 1 aliphatic heterocycles. The monoisotopic (exact) mass is 472 g/mol. The fraction of sp³-hybridized carbons (Fsp3) is 0.393. The van der Waals surface area contributed by atoms with Gasteiger partial charge in [0.25, 0.3) is 0 Å². The van der Waals surface area contributed by atoms with Crippen LogP contribution in [-0.2, 0) is 11.8 Å². The molecule has 0 unspecified atom stereocenters. The number of carbonyl (C=O) groups is 1. The Balaban J connectivity index is 1.36. The van der Waals surface area contributed by atoms with Crippen LogP contribution in [0.15, 0.2) is 48.7 Å². The van der Waals surface area contributed by atoms with Gasteiger partial charge in [-0.3, -0.25) is 4.68 Å². The molecule has 1 aliphatic rings. The SMILES string of the molecule is COc1cc2nn(C)cc2cc1-c1ccc2cc(C3CCN(C(=O)OC(C)(C)C)CC3)ccc2n1. The van der Waals surface area contributed by atoms with Gasteiger partial charge in [0.15, 0.2) is 0 Å². The number of hydrogen-bond acceptors (Lipinski definition) is 5. The van der Waals surface area contributed by atoms with Gasteiger partial charge in [0.2, 0.25) is 0 Å². The number of piperidine rings is 1. The highest BCUT2D eigenvalue weighted by Gasteiger charge is 2.27. The Morgan fingerprint density at radius 3 is 2.49 bits per heavy atom. The molecule has 7 heteroatoms. The molecule has 0 aliphatic carbocycles. The molecule has 1 saturated heterocycles. The first kappa shape index (κ1) is 23.1. The predicted molar refractivity (Wildman–Crippen MR) is 138 cm³/mol. The number of fused-ring (bicyclic) bond motifs is 2. The average molecular weight is 473 g/mol. The van der Waals surface area contributed by atoms with E-state index in [-0.39, 0.29) is 6.09 Å². The summed E-state index contributed by atoms with van der Waals surface area (Å²) < 4.78 is 13.0. The van der Waals surface area contributed by atoms with Crippen LogP contribution < -0.4 is 4.74 Å². The number of likely N-dealkylation sites (tertiary alicyclic amines) is 1. The second kappa shape index (κ2) is 8.87. The third-order valence-electron chi connectivity index (χ3n) is 6.55. The fourth-order valence-corrected chi connectivity index (χ4v) is 4.81. The Bertz CT molecular complexity index is 1390. The van der Waals surface area contributed by atoms with Crippen molar-refractivity contribution in [3.8, 4) is 17.0 Å². The molecule has 5 rings (SSSR count). The van der Waals surface area contributed by atoms with Gasteiger partial charge < -0.3 is 14.4 Å². The Morgan fingerprint density at radius 1 is 1.00 bits per heavy atom. The number of carbonyl (C=O) groups excluding carboxylic acids is 1. The number of aryl methyl sites for hydroxylation is 1. The van der Waals surface area contributed by atoms with E-state index in [0.29, 0.717) is 19.0 Å². The third kappa shape index (κ3) is 4.81. The van der Waals surface area contributed by atoms with Gasteiger partial charge in [-0.05, 0) is 69.4 Å². The van der Waals surface area contributed by atoms with E-state index in [1.807, 2.05) is 45.0 Å². The average Bonchev–Trinajstić information content (AvgIpc) is 3.20. The van der Waals surface area contributed by atoms with Crippen LogP contribution in [0, 0.1) is 0 Å². The van der Waals surface area contributed by atoms with Crippen molar-refractivity contribution in [1.29, 1.82) is 0 Å². The highest BCUT2D eigenvalue weighted by Crippen LogP contribution is 2.35. The summed E-state index contributed by atoms with van der Waals surface area (Å²) in [5.74, 6) is 1.18. The number of benzene rings is 2. The van der Waals surface area contributed by atoms with E-state index in [1.165, 1.54) is 5.56 Å². The molecule has 7 nitrogen and oxygen atoms in total. The molecule has 1 fully saturated rings. The number of nitrogens with zero attached hydrogens (tertiary/aromatic N) is 4. The highest BCUT2D eigenvalue weighted by atomic mass is 16.6. The van der Waals surface area contributed by atoms with Crippen LogP contribution >= 0.6 is 0 Å². The first-order valence-corrected chi connectivity index (χ1v) is 12.1. The van der Waals surface area contributed by atoms with Gasteiger partial charge in [0, 0.05) is 48.7 Å². The number of hydrogen-bond donors (Lipinski definition) is 0. The van der Waals surface area contributed by atoms with Crippen molar-refractivity contribution >= 4 is 27.9 Å². The lowest BCUT2D eigenvalue weighted by atomic mass is 9.89. The van der Waals surface area contributed by atoms with Crippen molar-refractivity contribution in [2.45, 2.75) is 45.1 Å². The zero-order valence-corrected chi connectivity index (χ0v) is 21.0. The minimum absolute atomic E-state index is 0.217. The zero-order valence-electron chi connectivity index (χ0n) is 21.0. The van der Waals surface area contributed by atoms with E-state index in [0.717, 1.165) is 51.7 Å². The lowest BCUT2D eigenvalue weighted by molar-refractivity contribution is 0.0205. The number of methoxy groups -OCH3 is 1. The largest absolute Gasteiger partial charge is 0.496 e. The van der Waals surface area contributed by atoms with Crippen molar-refractivity contribution in [2.75, 3.05) is 20.2 Å². The molecular weight excluding hydrogens is 440 g/mol. The lowest BCUT2D eigenvalue weighted by Crippen LogP contribution is -2.41. The first-order valence-electron chi connectivity index (χ1n) is 12.1. The zero-order chi connectivity index (χ0) is 24.7. The van der Waals surface area contributed by atoms with Gasteiger partial charge in [0.05, 0.1) is 23.8 Å². The molecule has 0 radical (unpaired) electrons. The van der Waals surface area contributed by atoms with Gasteiger partial charge in [-0.15, -0.1) is 0 Å². The van der Waals surface area contributed by atoms with E-state index >= 15 is 0 Å². The lowest BCUT2D eigenvalue weighted by Gasteiger charge is -2.33. The Morgan fingerprint density at radius 2 is 1.77 bits per heavy atom. The molecule has 3 heterocycles. The smallest absolute Gasteiger partial charge is 0.410 e. The minimum atomic E-state index is -0.466. The maximum atomic E-state index is 12.4. The Kier molecular flexibility index (Phi) is 5.87. The van der Waals surface area contributed by atoms with Crippen LogP contribution in [0.5, 0.6) is 5.75 Å². The van der Waals surface area contributed by atoms with Gasteiger partial charge in [-0.2, -0.15) is 5.10 Å². The van der Waals surface area contributed by atoms with Crippen molar-refractivity contribution in [3.63, 3.8) is 0 Å². The van der Waals surface area contributed by atoms with Crippen molar-refractivity contribution in [1.82, 2.24) is 19.7 Å². The standard InChI is InChI=1S/C28H32N4O3/c1-28(2,3)35-27(33)32-12-10-18(11-13-32)19-6-8-23-20(14-19)7-9-24(29-23)22-15-21-17-31(4)30-25(21)16-26(22)34-5/h6-9,14-18H,10-13H2,1-5H3. The summed E-state index contributed by atoms with van der Waals surface area (Å²) in [6.07, 6.45) is 3.64. The molecular formula is C28H32N4O3. The third-order valence-corrected chi connectivity index (χ3v) is 6.55. The summed E-state index contributed by atoms with van der Waals surface area (Å²) in [4.78, 5) is 19.2. The molecule has 0 spiro atoms. The normalized spacial score (nSPS) is 15.1. The molecule has 182 valence electrons. The van der Waals surface area contributed by atoms with E-state index in [4.69, 9.17) is 14.5 Å². The van der Waals surface area contributed by atoms with Crippen LogP contribution in [0.2, 0.25) is 0 Å². The summed E-state index contributed by atoms with van der Waals surface area (Å²) in [6, 6.07) is 14.7. The highest BCUT2D eigenvalue weighted by molar-refractivity contribution is 5.89. The molecule has 2 aromatic carbocycles. The molecule has 0 N–H and O–H groups in total. The number of aromatic nitrogens is 3. The van der Waals surface area contributed by atoms with Crippen molar-refractivity contribution in [2.24, 2.45) is 7.05 Å². The Hall–Kier alpha value is -3.61. The van der Waals surface area contributed by atoms with E-state index in [1.54, 1.807) is 11.8 Å². The number of pyridine rings is 1. The van der Waals surface area contributed by atoms with Crippen molar-refractivity contribution < 1.29 is 14.3 Å². The van der Waals surface area contributed by atoms with E-state index in [9.17, 15) is 4.79 Å². The molecule has 0 saturated carbocycles. The number of amides is 1. The topological polar surface area (TPSA) is 69.5 Å². The van der Waals surface area contributed by atoms with Gasteiger partial charge >= 0.3 is 6.09 Å². The summed E-state index contributed by atoms with van der Waals surface area (Å²) in [5, 5.41) is 6.65. The van der Waals surface area contributed by atoms with Crippen LogP contribution in [0.1, 0.15) is 45.1 Å². The van der Waals surface area contributed by atoms with Crippen LogP contribution in [0.3, 0.4) is 0 Å². The predicted octanol–water partition coefficient (Wildman–Crippen LogP) is 5.91. The molecule has 4 aromatic rings. The van der Waals surface area contributed by atoms with Crippen LogP contribution in [-0.4, -0.2) is 51.6 Å². The minimum Gasteiger partial charge on any atom is -0.496 e. The number of rotatable bonds is 3. The molecule has 0 bridgehead atoms. The first-order chi connectivity index (χ1) is 16.7. The molecule has 0 atom stereocenters. The second-order valence-corrected chi connectivity index (χ2v) is 10.3. The molecule has 35 heavy (non-hydrogen) atoms. The summed E-state index contributed by atoms with van der Waals surface area (Å²) in [6.45, 7) is 7.13. The quantitative estimate of drug-likeness (QED) is 0.371. The van der Waals surface area contributed by atoms with Gasteiger partial charge in [0.1, 0.15) is 11.4 Å².